The smallest absolute Gasteiger partial charge is 0.338 e. The highest BCUT2D eigenvalue weighted by atomic mass is 32.1. The summed E-state index contributed by atoms with van der Waals surface area (Å²) < 4.78 is 10.5. The highest BCUT2D eigenvalue weighted by molar-refractivity contribution is 7.14. The van der Waals surface area contributed by atoms with Crippen LogP contribution in [-0.4, -0.2) is 42.4 Å². The average molecular weight is 280 g/mol. The van der Waals surface area contributed by atoms with E-state index in [1.54, 1.807) is 0 Å². The predicted octanol–water partition coefficient (Wildman–Crippen LogP) is 1.94. The maximum absolute atomic E-state index is 10.8. The Kier molecular flexibility index (Phi) is 3.22. The molecular weight excluding hydrogens is 268 g/mol. The van der Waals surface area contributed by atoms with E-state index in [1.165, 1.54) is 23.7 Å². The summed E-state index contributed by atoms with van der Waals surface area (Å²) in [6.45, 7) is 3.06. The molecule has 0 atom stereocenters. The van der Waals surface area contributed by atoms with Crippen LogP contribution in [0.3, 0.4) is 0 Å². The molecule has 0 saturated carbocycles. The van der Waals surface area contributed by atoms with Gasteiger partial charge in [-0.3, -0.25) is 0 Å². The number of furan rings is 1. The van der Waals surface area contributed by atoms with Gasteiger partial charge in [0.1, 0.15) is 12.0 Å². The number of aromatic nitrogens is 1. The third-order valence-electron chi connectivity index (χ3n) is 2.87. The standard InChI is InChI=1S/C12H12N2O4S/c15-11(16)8-5-10(18-6-8)9-7-19-12(13-9)14-1-3-17-4-2-14/h5-7H,1-4H2,(H,15,16). The molecule has 19 heavy (non-hydrogen) atoms. The summed E-state index contributed by atoms with van der Waals surface area (Å²) >= 11 is 1.52. The van der Waals surface area contributed by atoms with Crippen LogP contribution in [-0.2, 0) is 4.74 Å². The fourth-order valence-corrected chi connectivity index (χ4v) is 2.73. The number of carbonyl (C=O) groups is 1. The SMILES string of the molecule is O=C(O)c1coc(-c2csc(N3CCOCC3)n2)c1. The van der Waals surface area contributed by atoms with Gasteiger partial charge in [0.15, 0.2) is 10.9 Å². The fraction of sp³-hybridized carbons (Fsp3) is 0.333. The Labute approximate surface area is 113 Å². The lowest BCUT2D eigenvalue weighted by Crippen LogP contribution is -2.36. The number of thiazole rings is 1. The molecule has 3 heterocycles. The summed E-state index contributed by atoms with van der Waals surface area (Å²) in [5.41, 5.74) is 0.801. The highest BCUT2D eigenvalue weighted by Crippen LogP contribution is 2.29. The zero-order valence-electron chi connectivity index (χ0n) is 10.0. The van der Waals surface area contributed by atoms with Crippen molar-refractivity contribution >= 4 is 22.4 Å². The Hall–Kier alpha value is -1.86. The van der Waals surface area contributed by atoms with Crippen molar-refractivity contribution in [3.63, 3.8) is 0 Å². The summed E-state index contributed by atoms with van der Waals surface area (Å²) in [6.07, 6.45) is 1.23. The van der Waals surface area contributed by atoms with Gasteiger partial charge in [-0.05, 0) is 0 Å². The van der Waals surface area contributed by atoms with E-state index in [0.717, 1.165) is 18.2 Å². The number of morpholine rings is 1. The van der Waals surface area contributed by atoms with Gasteiger partial charge in [-0.1, -0.05) is 0 Å². The van der Waals surface area contributed by atoms with Crippen LogP contribution < -0.4 is 4.90 Å². The van der Waals surface area contributed by atoms with Crippen molar-refractivity contribution in [1.29, 1.82) is 0 Å². The van der Waals surface area contributed by atoms with E-state index in [2.05, 4.69) is 9.88 Å². The van der Waals surface area contributed by atoms with Crippen molar-refractivity contribution in [2.24, 2.45) is 0 Å². The maximum atomic E-state index is 10.8. The minimum absolute atomic E-state index is 0.135. The largest absolute Gasteiger partial charge is 0.478 e. The molecule has 3 rings (SSSR count). The molecule has 0 bridgehead atoms. The van der Waals surface area contributed by atoms with Crippen molar-refractivity contribution in [2.45, 2.75) is 0 Å². The summed E-state index contributed by atoms with van der Waals surface area (Å²) in [5, 5.41) is 11.6. The number of rotatable bonds is 3. The second kappa shape index (κ2) is 5.02. The average Bonchev–Trinajstić information content (AvgIpc) is 3.09. The predicted molar refractivity (Wildman–Crippen MR) is 69.8 cm³/mol. The van der Waals surface area contributed by atoms with Gasteiger partial charge >= 0.3 is 5.97 Å². The summed E-state index contributed by atoms with van der Waals surface area (Å²) in [7, 11) is 0. The number of hydrogen-bond acceptors (Lipinski definition) is 6. The van der Waals surface area contributed by atoms with Crippen LogP contribution in [0.5, 0.6) is 0 Å². The summed E-state index contributed by atoms with van der Waals surface area (Å²) in [4.78, 5) is 17.4. The lowest BCUT2D eigenvalue weighted by molar-refractivity contribution is 0.0696. The molecule has 2 aromatic heterocycles. The van der Waals surface area contributed by atoms with Gasteiger partial charge in [0.2, 0.25) is 0 Å². The first-order valence-corrected chi connectivity index (χ1v) is 6.72. The topological polar surface area (TPSA) is 75.8 Å². The monoisotopic (exact) mass is 280 g/mol. The normalized spacial score (nSPS) is 15.7. The number of aromatic carboxylic acids is 1. The van der Waals surface area contributed by atoms with Crippen molar-refractivity contribution < 1.29 is 19.1 Å². The lowest BCUT2D eigenvalue weighted by atomic mass is 10.3. The van der Waals surface area contributed by atoms with E-state index in [0.29, 0.717) is 24.7 Å². The molecule has 100 valence electrons. The van der Waals surface area contributed by atoms with Crippen molar-refractivity contribution in [1.82, 2.24) is 4.98 Å². The lowest BCUT2D eigenvalue weighted by Gasteiger charge is -2.25. The minimum Gasteiger partial charge on any atom is -0.478 e. The van der Waals surface area contributed by atoms with E-state index in [4.69, 9.17) is 14.3 Å². The van der Waals surface area contributed by atoms with Gasteiger partial charge in [-0.2, -0.15) is 0 Å². The van der Waals surface area contributed by atoms with Gasteiger partial charge < -0.3 is 19.2 Å². The van der Waals surface area contributed by atoms with E-state index >= 15 is 0 Å². The molecule has 1 N–H and O–H groups in total. The van der Waals surface area contributed by atoms with Crippen LogP contribution in [0.15, 0.2) is 22.1 Å². The van der Waals surface area contributed by atoms with E-state index in [9.17, 15) is 4.79 Å². The molecule has 1 aliphatic rings. The molecule has 2 aromatic rings. The van der Waals surface area contributed by atoms with Gasteiger partial charge in [0.25, 0.3) is 0 Å². The van der Waals surface area contributed by atoms with Gasteiger partial charge in [0, 0.05) is 24.5 Å². The molecule has 0 spiro atoms. The van der Waals surface area contributed by atoms with Crippen LogP contribution in [0.2, 0.25) is 0 Å². The molecule has 0 aromatic carbocycles. The first-order valence-electron chi connectivity index (χ1n) is 5.84. The van der Waals surface area contributed by atoms with Gasteiger partial charge in [-0.25, -0.2) is 9.78 Å². The van der Waals surface area contributed by atoms with E-state index < -0.39 is 5.97 Å². The number of nitrogens with zero attached hydrogens (tertiary/aromatic N) is 2. The number of hydrogen-bond donors (Lipinski definition) is 1. The molecular formula is C12H12N2O4S. The van der Waals surface area contributed by atoms with Gasteiger partial charge in [-0.15, -0.1) is 11.3 Å². The van der Waals surface area contributed by atoms with Crippen LogP contribution >= 0.6 is 11.3 Å². The zero-order valence-corrected chi connectivity index (χ0v) is 10.9. The van der Waals surface area contributed by atoms with Crippen molar-refractivity contribution in [3.8, 4) is 11.5 Å². The van der Waals surface area contributed by atoms with Crippen LogP contribution in [0.25, 0.3) is 11.5 Å². The molecule has 1 fully saturated rings. The Balaban J connectivity index is 1.81. The minimum atomic E-state index is -1.00. The Morgan fingerprint density at radius 1 is 1.42 bits per heavy atom. The highest BCUT2D eigenvalue weighted by Gasteiger charge is 2.17. The number of anilines is 1. The third-order valence-corrected chi connectivity index (χ3v) is 3.77. The first-order chi connectivity index (χ1) is 9.24. The van der Waals surface area contributed by atoms with Gasteiger partial charge in [0.05, 0.1) is 18.8 Å². The summed E-state index contributed by atoms with van der Waals surface area (Å²) in [6, 6.07) is 1.49. The van der Waals surface area contributed by atoms with Crippen molar-refractivity contribution in [3.05, 3.63) is 23.3 Å². The first kappa shape index (κ1) is 12.2. The van der Waals surface area contributed by atoms with Crippen LogP contribution in [0.1, 0.15) is 10.4 Å². The molecule has 0 aliphatic carbocycles. The molecule has 1 aliphatic heterocycles. The second-order valence-electron chi connectivity index (χ2n) is 4.12. The molecule has 6 nitrogen and oxygen atoms in total. The number of carboxylic acid groups (broad SMARTS) is 1. The second-order valence-corrected chi connectivity index (χ2v) is 4.96. The van der Waals surface area contributed by atoms with Crippen molar-refractivity contribution in [2.75, 3.05) is 31.2 Å². The van der Waals surface area contributed by atoms with Crippen LogP contribution in [0, 0.1) is 0 Å². The molecule has 0 amide bonds. The third kappa shape index (κ3) is 2.47. The number of carboxylic acids is 1. The quantitative estimate of drug-likeness (QED) is 0.926. The summed E-state index contributed by atoms with van der Waals surface area (Å²) in [5.74, 6) is -0.521. The Morgan fingerprint density at radius 3 is 2.89 bits per heavy atom. The molecule has 0 radical (unpaired) electrons. The fourth-order valence-electron chi connectivity index (χ4n) is 1.86. The Bertz CT molecular complexity index is 586. The molecule has 7 heteroatoms. The van der Waals surface area contributed by atoms with E-state index in [-0.39, 0.29) is 5.56 Å². The molecule has 1 saturated heterocycles. The Morgan fingerprint density at radius 2 is 2.21 bits per heavy atom. The number of ether oxygens (including phenoxy) is 1. The molecule has 0 unspecified atom stereocenters. The zero-order chi connectivity index (χ0) is 13.2. The van der Waals surface area contributed by atoms with Crippen LogP contribution in [0.4, 0.5) is 5.13 Å². The maximum Gasteiger partial charge on any atom is 0.338 e. The van der Waals surface area contributed by atoms with E-state index in [1.807, 2.05) is 5.38 Å².